The topological polar surface area (TPSA) is 101 Å². The molecule has 5 rings (SSSR count). The highest BCUT2D eigenvalue weighted by molar-refractivity contribution is 5.88. The Morgan fingerprint density at radius 2 is 1.94 bits per heavy atom. The Kier molecular flexibility index (Phi) is 7.71. The molecule has 0 radical (unpaired) electrons. The van der Waals surface area contributed by atoms with Crippen molar-refractivity contribution in [2.75, 3.05) is 38.3 Å². The summed E-state index contributed by atoms with van der Waals surface area (Å²) in [5.41, 5.74) is 4.10. The molecule has 3 N–H and O–H groups in total. The van der Waals surface area contributed by atoms with E-state index in [1.165, 1.54) is 11.8 Å². The van der Waals surface area contributed by atoms with E-state index < -0.39 is 11.9 Å². The van der Waals surface area contributed by atoms with Crippen LogP contribution in [0.4, 0.5) is 10.3 Å². The molecule has 192 valence electrons. The highest BCUT2D eigenvalue weighted by atomic mass is 19.1. The summed E-state index contributed by atoms with van der Waals surface area (Å²) >= 11 is 0. The summed E-state index contributed by atoms with van der Waals surface area (Å²) < 4.78 is 25.7. The van der Waals surface area contributed by atoms with Crippen LogP contribution >= 0.6 is 0 Å². The van der Waals surface area contributed by atoms with Crippen molar-refractivity contribution in [3.05, 3.63) is 47.5 Å². The van der Waals surface area contributed by atoms with Gasteiger partial charge in [-0.25, -0.2) is 14.4 Å². The predicted molar refractivity (Wildman–Crippen MR) is 136 cm³/mol. The fraction of sp³-hybridized carbons (Fsp3) is 0.519. The van der Waals surface area contributed by atoms with Gasteiger partial charge in [0.05, 0.1) is 37.1 Å². The van der Waals surface area contributed by atoms with Gasteiger partial charge in [0.15, 0.2) is 5.82 Å². The number of rotatable bonds is 8. The summed E-state index contributed by atoms with van der Waals surface area (Å²) in [7, 11) is 0. The van der Waals surface area contributed by atoms with Gasteiger partial charge in [-0.15, -0.1) is 0 Å². The first-order valence-corrected chi connectivity index (χ1v) is 12.7. The summed E-state index contributed by atoms with van der Waals surface area (Å²) in [6, 6.07) is 5.50. The van der Waals surface area contributed by atoms with Crippen LogP contribution in [0.15, 0.2) is 30.6 Å². The van der Waals surface area contributed by atoms with Gasteiger partial charge in [-0.1, -0.05) is 19.9 Å². The lowest BCUT2D eigenvalue weighted by Gasteiger charge is -2.28. The largest absolute Gasteiger partial charge is 0.389 e. The minimum absolute atomic E-state index is 0.218. The monoisotopic (exact) mass is 495 g/mol. The van der Waals surface area contributed by atoms with Crippen molar-refractivity contribution in [2.24, 2.45) is 5.92 Å². The Morgan fingerprint density at radius 1 is 1.11 bits per heavy atom. The van der Waals surface area contributed by atoms with E-state index in [0.29, 0.717) is 24.5 Å². The first kappa shape index (κ1) is 25.0. The molecule has 2 fully saturated rings. The summed E-state index contributed by atoms with van der Waals surface area (Å²) in [6.07, 6.45) is 4.18. The van der Waals surface area contributed by atoms with E-state index >= 15 is 0 Å². The predicted octanol–water partition coefficient (Wildman–Crippen LogP) is 3.64. The number of halogens is 1. The smallest absolute Gasteiger partial charge is 0.223 e. The lowest BCUT2D eigenvalue weighted by atomic mass is 9.92. The molecule has 0 unspecified atom stereocenters. The van der Waals surface area contributed by atoms with Crippen molar-refractivity contribution in [2.45, 2.75) is 51.3 Å². The number of benzene rings is 1. The standard InChI is InChI=1S/C27H34FN5O3/c1-16(2)25-19(11-29-10-17-5-7-35-14-17)12-30-22-4-3-18(9-20(22)25)26-21(28)13-31-27(33-26)32-23-6-8-36-15-24(23)34/h3-4,9,12-13,16-17,23-24,29,34H,5-8,10-11,14-15H2,1-2H3,(H,31,32,33)/t17-,23+,24+/m0/s1. The number of hydrogen-bond donors (Lipinski definition) is 3. The Hall–Kier alpha value is -2.72. The van der Waals surface area contributed by atoms with Gasteiger partial charge < -0.3 is 25.2 Å². The van der Waals surface area contributed by atoms with Crippen LogP contribution in [0, 0.1) is 11.7 Å². The molecule has 3 atom stereocenters. The minimum Gasteiger partial charge on any atom is -0.389 e. The number of aliphatic hydroxyl groups excluding tert-OH is 1. The quantitative estimate of drug-likeness (QED) is 0.436. The summed E-state index contributed by atoms with van der Waals surface area (Å²) in [4.78, 5) is 13.3. The van der Waals surface area contributed by atoms with E-state index in [0.717, 1.165) is 49.2 Å². The van der Waals surface area contributed by atoms with Crippen molar-refractivity contribution >= 4 is 16.9 Å². The van der Waals surface area contributed by atoms with Crippen molar-refractivity contribution in [3.8, 4) is 11.3 Å². The van der Waals surface area contributed by atoms with Crippen LogP contribution in [-0.2, 0) is 16.0 Å². The third-order valence-corrected chi connectivity index (χ3v) is 7.00. The van der Waals surface area contributed by atoms with Crippen LogP contribution in [0.5, 0.6) is 0 Å². The molecular formula is C27H34FN5O3. The van der Waals surface area contributed by atoms with Gasteiger partial charge in [0.1, 0.15) is 5.69 Å². The van der Waals surface area contributed by atoms with E-state index in [2.05, 4.69) is 34.4 Å². The molecule has 0 aliphatic carbocycles. The molecule has 0 amide bonds. The number of pyridine rings is 1. The number of nitrogens with one attached hydrogen (secondary N) is 2. The average Bonchev–Trinajstić information content (AvgIpc) is 3.39. The van der Waals surface area contributed by atoms with E-state index in [1.54, 1.807) is 0 Å². The van der Waals surface area contributed by atoms with E-state index in [1.807, 2.05) is 24.4 Å². The lowest BCUT2D eigenvalue weighted by molar-refractivity contribution is -0.0136. The van der Waals surface area contributed by atoms with Crippen LogP contribution in [0.3, 0.4) is 0 Å². The first-order valence-electron chi connectivity index (χ1n) is 12.7. The first-order chi connectivity index (χ1) is 17.5. The van der Waals surface area contributed by atoms with Gasteiger partial charge in [0.25, 0.3) is 0 Å². The number of hydrogen-bond acceptors (Lipinski definition) is 8. The number of nitrogens with zero attached hydrogens (tertiary/aromatic N) is 3. The van der Waals surface area contributed by atoms with E-state index in [9.17, 15) is 9.50 Å². The zero-order valence-corrected chi connectivity index (χ0v) is 20.8. The fourth-order valence-electron chi connectivity index (χ4n) is 5.08. The van der Waals surface area contributed by atoms with Gasteiger partial charge >= 0.3 is 0 Å². The SMILES string of the molecule is CC(C)c1c(CNC[C@@H]2CCOC2)cnc2ccc(-c3nc(N[C@@H]4CCOC[C@H]4O)ncc3F)cc12. The van der Waals surface area contributed by atoms with Crippen molar-refractivity contribution in [1.82, 2.24) is 20.3 Å². The highest BCUT2D eigenvalue weighted by Crippen LogP contribution is 2.32. The Bertz CT molecular complexity index is 1200. The third-order valence-electron chi connectivity index (χ3n) is 7.00. The molecule has 36 heavy (non-hydrogen) atoms. The molecule has 8 nitrogen and oxygen atoms in total. The average molecular weight is 496 g/mol. The number of fused-ring (bicyclic) bond motifs is 1. The van der Waals surface area contributed by atoms with Gasteiger partial charge in [-0.3, -0.25) is 4.98 Å². The van der Waals surface area contributed by atoms with Crippen LogP contribution < -0.4 is 10.6 Å². The van der Waals surface area contributed by atoms with Gasteiger partial charge in [-0.2, -0.15) is 0 Å². The highest BCUT2D eigenvalue weighted by Gasteiger charge is 2.25. The second-order valence-corrected chi connectivity index (χ2v) is 10.0. The van der Waals surface area contributed by atoms with Crippen LogP contribution in [0.25, 0.3) is 22.2 Å². The molecule has 2 aliphatic rings. The number of ether oxygens (including phenoxy) is 2. The molecule has 2 saturated heterocycles. The number of aliphatic hydroxyl groups is 1. The molecule has 2 aromatic heterocycles. The normalized spacial score (nSPS) is 22.4. The maximum absolute atomic E-state index is 14.9. The van der Waals surface area contributed by atoms with Gasteiger partial charge in [0.2, 0.25) is 5.95 Å². The zero-order valence-electron chi connectivity index (χ0n) is 20.8. The molecule has 9 heteroatoms. The molecule has 0 spiro atoms. The summed E-state index contributed by atoms with van der Waals surface area (Å²) in [6.45, 7) is 8.44. The molecule has 4 heterocycles. The molecular weight excluding hydrogens is 461 g/mol. The lowest BCUT2D eigenvalue weighted by Crippen LogP contribution is -2.42. The van der Waals surface area contributed by atoms with Crippen LogP contribution in [0.1, 0.15) is 43.7 Å². The third kappa shape index (κ3) is 5.49. The second-order valence-electron chi connectivity index (χ2n) is 10.0. The minimum atomic E-state index is -0.663. The van der Waals surface area contributed by atoms with Crippen molar-refractivity contribution < 1.29 is 19.0 Å². The Labute approximate surface area is 210 Å². The fourth-order valence-corrected chi connectivity index (χ4v) is 5.08. The molecule has 3 aromatic rings. The molecule has 1 aromatic carbocycles. The molecule has 0 bridgehead atoms. The summed E-state index contributed by atoms with van der Waals surface area (Å²) in [5, 5.41) is 17.9. The second kappa shape index (κ2) is 11.1. The molecule has 2 aliphatic heterocycles. The van der Waals surface area contributed by atoms with Gasteiger partial charge in [-0.05, 0) is 47.9 Å². The molecule has 0 saturated carbocycles. The maximum atomic E-state index is 14.9. The Balaban J connectivity index is 1.43. The van der Waals surface area contributed by atoms with Crippen LogP contribution in [0.2, 0.25) is 0 Å². The summed E-state index contributed by atoms with van der Waals surface area (Å²) in [5.74, 6) is 0.606. The van der Waals surface area contributed by atoms with Gasteiger partial charge in [0, 0.05) is 43.4 Å². The van der Waals surface area contributed by atoms with E-state index in [4.69, 9.17) is 14.5 Å². The van der Waals surface area contributed by atoms with E-state index in [-0.39, 0.29) is 30.2 Å². The van der Waals surface area contributed by atoms with Crippen molar-refractivity contribution in [3.63, 3.8) is 0 Å². The number of anilines is 1. The maximum Gasteiger partial charge on any atom is 0.223 e. The van der Waals surface area contributed by atoms with Crippen molar-refractivity contribution in [1.29, 1.82) is 0 Å². The zero-order chi connectivity index (χ0) is 25.1. The van der Waals surface area contributed by atoms with Crippen LogP contribution in [-0.4, -0.2) is 65.2 Å². The number of aromatic nitrogens is 3. The Morgan fingerprint density at radius 3 is 2.72 bits per heavy atom.